The van der Waals surface area contributed by atoms with Crippen LogP contribution in [0.4, 0.5) is 15.8 Å². The average molecular weight is 283 g/mol. The molecule has 0 radical (unpaired) electrons. The van der Waals surface area contributed by atoms with Crippen molar-refractivity contribution in [3.63, 3.8) is 0 Å². The number of hydrogen-bond acceptors (Lipinski definition) is 5. The number of carboxylic acid groups (broad SMARTS) is 1. The van der Waals surface area contributed by atoms with E-state index in [1.165, 1.54) is 0 Å². The van der Waals surface area contributed by atoms with Crippen molar-refractivity contribution in [3.8, 4) is 0 Å². The van der Waals surface area contributed by atoms with Crippen LogP contribution in [0.1, 0.15) is 23.2 Å². The summed E-state index contributed by atoms with van der Waals surface area (Å²) in [7, 11) is 0. The Labute approximate surface area is 113 Å². The molecule has 1 aliphatic rings. The zero-order valence-corrected chi connectivity index (χ0v) is 10.6. The highest BCUT2D eigenvalue weighted by Crippen LogP contribution is 2.32. The molecule has 108 valence electrons. The van der Waals surface area contributed by atoms with Crippen molar-refractivity contribution in [2.75, 3.05) is 18.0 Å². The van der Waals surface area contributed by atoms with Gasteiger partial charge in [-0.05, 0) is 12.8 Å². The molecule has 1 aromatic rings. The summed E-state index contributed by atoms with van der Waals surface area (Å²) >= 11 is 0. The fraction of sp³-hybridized carbons (Fsp3) is 0.417. The second-order valence-corrected chi connectivity index (χ2v) is 4.73. The SMILES string of the molecule is NC1CCCN(c2cc(F)c(C(=O)O)cc2[N+](=O)[O-])C1. The fourth-order valence-electron chi connectivity index (χ4n) is 2.34. The minimum absolute atomic E-state index is 0.0765. The third-order valence-electron chi connectivity index (χ3n) is 3.29. The largest absolute Gasteiger partial charge is 0.478 e. The topological polar surface area (TPSA) is 110 Å². The molecule has 1 aliphatic heterocycles. The van der Waals surface area contributed by atoms with Gasteiger partial charge in [-0.2, -0.15) is 0 Å². The number of halogens is 1. The quantitative estimate of drug-likeness (QED) is 0.640. The molecule has 1 aromatic carbocycles. The first-order valence-electron chi connectivity index (χ1n) is 6.12. The Hall–Kier alpha value is -2.22. The Morgan fingerprint density at radius 2 is 2.25 bits per heavy atom. The smallest absolute Gasteiger partial charge is 0.338 e. The molecule has 0 aromatic heterocycles. The lowest BCUT2D eigenvalue weighted by molar-refractivity contribution is -0.384. The monoisotopic (exact) mass is 283 g/mol. The normalized spacial score (nSPS) is 18.9. The first-order valence-corrected chi connectivity index (χ1v) is 6.12. The van der Waals surface area contributed by atoms with Gasteiger partial charge in [0.05, 0.1) is 4.92 Å². The van der Waals surface area contributed by atoms with Crippen LogP contribution >= 0.6 is 0 Å². The Morgan fingerprint density at radius 3 is 2.80 bits per heavy atom. The molecule has 0 aliphatic carbocycles. The van der Waals surface area contributed by atoms with E-state index in [2.05, 4.69) is 0 Å². The Morgan fingerprint density at radius 1 is 1.55 bits per heavy atom. The fourth-order valence-corrected chi connectivity index (χ4v) is 2.34. The van der Waals surface area contributed by atoms with Gasteiger partial charge in [0.25, 0.3) is 5.69 Å². The van der Waals surface area contributed by atoms with Gasteiger partial charge >= 0.3 is 5.97 Å². The molecule has 0 amide bonds. The zero-order valence-electron chi connectivity index (χ0n) is 10.6. The van der Waals surface area contributed by atoms with E-state index in [1.54, 1.807) is 4.90 Å². The van der Waals surface area contributed by atoms with Crippen LogP contribution in [-0.2, 0) is 0 Å². The van der Waals surface area contributed by atoms with E-state index in [1.807, 2.05) is 0 Å². The molecule has 0 bridgehead atoms. The molecular formula is C12H14FN3O4. The number of anilines is 1. The highest BCUT2D eigenvalue weighted by Gasteiger charge is 2.27. The number of nitrogens with zero attached hydrogens (tertiary/aromatic N) is 2. The van der Waals surface area contributed by atoms with E-state index in [-0.39, 0.29) is 11.7 Å². The first kappa shape index (κ1) is 14.2. The molecule has 20 heavy (non-hydrogen) atoms. The van der Waals surface area contributed by atoms with Gasteiger partial charge in [0.2, 0.25) is 0 Å². The zero-order chi connectivity index (χ0) is 14.9. The molecule has 2 rings (SSSR count). The maximum Gasteiger partial charge on any atom is 0.338 e. The van der Waals surface area contributed by atoms with Crippen molar-refractivity contribution >= 4 is 17.3 Å². The van der Waals surface area contributed by atoms with Gasteiger partial charge in [0.1, 0.15) is 17.1 Å². The van der Waals surface area contributed by atoms with E-state index in [9.17, 15) is 19.3 Å². The van der Waals surface area contributed by atoms with Crippen molar-refractivity contribution < 1.29 is 19.2 Å². The van der Waals surface area contributed by atoms with E-state index in [0.717, 1.165) is 25.0 Å². The third-order valence-corrected chi connectivity index (χ3v) is 3.29. The molecule has 1 saturated heterocycles. The number of piperidine rings is 1. The second-order valence-electron chi connectivity index (χ2n) is 4.73. The summed E-state index contributed by atoms with van der Waals surface area (Å²) in [6.45, 7) is 0.910. The van der Waals surface area contributed by atoms with Gasteiger partial charge in [-0.25, -0.2) is 9.18 Å². The van der Waals surface area contributed by atoms with Crippen molar-refractivity contribution in [1.82, 2.24) is 0 Å². The number of carboxylic acids is 1. The molecule has 8 heteroatoms. The van der Waals surface area contributed by atoms with Gasteiger partial charge in [-0.15, -0.1) is 0 Å². The van der Waals surface area contributed by atoms with Gasteiger partial charge in [0.15, 0.2) is 0 Å². The van der Waals surface area contributed by atoms with Crippen LogP contribution in [-0.4, -0.2) is 35.1 Å². The molecule has 7 nitrogen and oxygen atoms in total. The van der Waals surface area contributed by atoms with Crippen LogP contribution in [0.25, 0.3) is 0 Å². The van der Waals surface area contributed by atoms with Crippen LogP contribution in [0, 0.1) is 15.9 Å². The summed E-state index contributed by atoms with van der Waals surface area (Å²) in [6.07, 6.45) is 1.56. The first-order chi connectivity index (χ1) is 9.40. The summed E-state index contributed by atoms with van der Waals surface area (Å²) in [5.41, 5.74) is 4.76. The number of aromatic carboxylic acids is 1. The Kier molecular flexibility index (Phi) is 3.84. The van der Waals surface area contributed by atoms with Gasteiger partial charge in [-0.1, -0.05) is 0 Å². The Bertz CT molecular complexity index is 564. The summed E-state index contributed by atoms with van der Waals surface area (Å²) in [4.78, 5) is 22.8. The van der Waals surface area contributed by atoms with Crippen molar-refractivity contribution in [2.24, 2.45) is 5.73 Å². The molecule has 1 heterocycles. The predicted molar refractivity (Wildman–Crippen MR) is 69.4 cm³/mol. The summed E-state index contributed by atoms with van der Waals surface area (Å²) < 4.78 is 13.7. The van der Waals surface area contributed by atoms with Crippen LogP contribution < -0.4 is 10.6 Å². The van der Waals surface area contributed by atoms with Gasteiger partial charge in [0, 0.05) is 31.3 Å². The number of nitrogens with two attached hydrogens (primary N) is 1. The van der Waals surface area contributed by atoms with E-state index < -0.39 is 28.0 Å². The predicted octanol–water partition coefficient (Wildman–Crippen LogP) is 1.36. The lowest BCUT2D eigenvalue weighted by Gasteiger charge is -2.32. The van der Waals surface area contributed by atoms with Gasteiger partial charge < -0.3 is 15.7 Å². The standard InChI is InChI=1S/C12H14FN3O4/c13-9-5-10(15-3-1-2-7(14)6-15)11(16(19)20)4-8(9)12(17)18/h4-5,7H,1-3,6,14H2,(H,17,18). The van der Waals surface area contributed by atoms with Crippen molar-refractivity contribution in [1.29, 1.82) is 0 Å². The molecule has 0 saturated carbocycles. The lowest BCUT2D eigenvalue weighted by atomic mass is 10.0. The minimum atomic E-state index is -1.53. The van der Waals surface area contributed by atoms with Crippen LogP contribution in [0.3, 0.4) is 0 Å². The minimum Gasteiger partial charge on any atom is -0.478 e. The molecule has 3 N–H and O–H groups in total. The molecule has 0 spiro atoms. The third kappa shape index (κ3) is 2.69. The van der Waals surface area contributed by atoms with Crippen LogP contribution in [0.15, 0.2) is 12.1 Å². The van der Waals surface area contributed by atoms with E-state index in [4.69, 9.17) is 10.8 Å². The molecule has 1 unspecified atom stereocenters. The van der Waals surface area contributed by atoms with E-state index in [0.29, 0.717) is 13.1 Å². The maximum atomic E-state index is 13.7. The summed E-state index contributed by atoms with van der Waals surface area (Å²) in [6, 6.07) is 1.53. The van der Waals surface area contributed by atoms with Gasteiger partial charge in [-0.3, -0.25) is 10.1 Å². The number of rotatable bonds is 3. The highest BCUT2D eigenvalue weighted by atomic mass is 19.1. The van der Waals surface area contributed by atoms with E-state index >= 15 is 0 Å². The molecule has 1 atom stereocenters. The molecule has 1 fully saturated rings. The number of nitro benzene ring substituents is 1. The van der Waals surface area contributed by atoms with Crippen molar-refractivity contribution in [2.45, 2.75) is 18.9 Å². The Balaban J connectivity index is 2.48. The maximum absolute atomic E-state index is 13.7. The number of carbonyl (C=O) groups is 1. The van der Waals surface area contributed by atoms with Crippen molar-refractivity contribution in [3.05, 3.63) is 33.6 Å². The number of benzene rings is 1. The lowest BCUT2D eigenvalue weighted by Crippen LogP contribution is -2.43. The second kappa shape index (κ2) is 5.41. The summed E-state index contributed by atoms with van der Waals surface area (Å²) in [5.74, 6) is -2.52. The summed E-state index contributed by atoms with van der Waals surface area (Å²) in [5, 5.41) is 19.9. The van der Waals surface area contributed by atoms with Crippen LogP contribution in [0.2, 0.25) is 0 Å². The molecular weight excluding hydrogens is 269 g/mol. The van der Waals surface area contributed by atoms with Crippen LogP contribution in [0.5, 0.6) is 0 Å². The average Bonchev–Trinajstić information content (AvgIpc) is 2.37. The highest BCUT2D eigenvalue weighted by molar-refractivity contribution is 5.90. The number of nitro groups is 1. The number of hydrogen-bond donors (Lipinski definition) is 2.